The Morgan fingerprint density at radius 3 is 2.06 bits per heavy atom. The Labute approximate surface area is 197 Å². The molecule has 167 valence electrons. The summed E-state index contributed by atoms with van der Waals surface area (Å²) in [6.45, 7) is 16.5. The van der Waals surface area contributed by atoms with Crippen molar-refractivity contribution in [1.82, 2.24) is 0 Å². The van der Waals surface area contributed by atoms with Crippen LogP contribution in [0.5, 0.6) is 0 Å². The Hall–Kier alpha value is -2.32. The number of benzene rings is 3. The lowest BCUT2D eigenvalue weighted by molar-refractivity contribution is 0.590. The van der Waals surface area contributed by atoms with E-state index in [2.05, 4.69) is 122 Å². The van der Waals surface area contributed by atoms with Gasteiger partial charge in [0.25, 0.3) is 0 Å². The monoisotopic (exact) mass is 440 g/mol. The fourth-order valence-corrected chi connectivity index (χ4v) is 7.96. The fraction of sp³-hybridized carbons (Fsp3) is 0.400. The molecule has 3 aromatic carbocycles. The van der Waals surface area contributed by atoms with Gasteiger partial charge in [-0.05, 0) is 67.1 Å². The van der Waals surface area contributed by atoms with E-state index in [9.17, 15) is 0 Å². The number of hydrogen-bond acceptors (Lipinski definition) is 1. The third kappa shape index (κ3) is 3.94. The highest BCUT2D eigenvalue weighted by Gasteiger charge is 2.32. The molecule has 0 saturated carbocycles. The van der Waals surface area contributed by atoms with Crippen LogP contribution in [0.1, 0.15) is 63.8 Å². The van der Waals surface area contributed by atoms with Crippen LogP contribution in [-0.4, -0.2) is 22.9 Å². The summed E-state index contributed by atoms with van der Waals surface area (Å²) in [7, 11) is 3.38. The fourth-order valence-electron chi connectivity index (χ4n) is 5.11. The first kappa shape index (κ1) is 22.9. The third-order valence-corrected chi connectivity index (χ3v) is 9.47. The van der Waals surface area contributed by atoms with Gasteiger partial charge in [0.1, 0.15) is 8.80 Å². The molecule has 4 rings (SSSR count). The molecule has 0 aromatic heterocycles. The molecule has 0 aliphatic heterocycles. The molecule has 0 amide bonds. The number of para-hydroxylation sites is 1. The van der Waals surface area contributed by atoms with Crippen LogP contribution in [0.3, 0.4) is 0 Å². The van der Waals surface area contributed by atoms with Crippen molar-refractivity contribution in [3.05, 3.63) is 76.9 Å². The SMILES string of the molecule is CN(C)c1ccccc1[Si](C)c1c(C(C)(C)C)ccc2c1Cc1cc(C(C)(C)C)ccc1-2. The van der Waals surface area contributed by atoms with Gasteiger partial charge in [-0.1, -0.05) is 96.6 Å². The number of fused-ring (bicyclic) bond motifs is 3. The van der Waals surface area contributed by atoms with Gasteiger partial charge in [0.15, 0.2) is 0 Å². The summed E-state index contributed by atoms with van der Waals surface area (Å²) >= 11 is 0. The molecule has 0 atom stereocenters. The molecule has 0 heterocycles. The summed E-state index contributed by atoms with van der Waals surface area (Å²) in [5, 5.41) is 3.13. The van der Waals surface area contributed by atoms with Gasteiger partial charge in [0.05, 0.1) is 0 Å². The minimum Gasteiger partial charge on any atom is -0.378 e. The molecule has 0 fully saturated rings. The van der Waals surface area contributed by atoms with Gasteiger partial charge in [0.2, 0.25) is 0 Å². The number of nitrogens with zero attached hydrogens (tertiary/aromatic N) is 1. The molecule has 0 spiro atoms. The molecule has 1 nitrogen and oxygen atoms in total. The van der Waals surface area contributed by atoms with E-state index in [0.29, 0.717) is 0 Å². The van der Waals surface area contributed by atoms with Gasteiger partial charge in [-0.25, -0.2) is 0 Å². The van der Waals surface area contributed by atoms with Crippen molar-refractivity contribution in [1.29, 1.82) is 0 Å². The van der Waals surface area contributed by atoms with Crippen LogP contribution in [0.15, 0.2) is 54.6 Å². The lowest BCUT2D eigenvalue weighted by Gasteiger charge is -2.30. The van der Waals surface area contributed by atoms with E-state index in [1.165, 1.54) is 38.7 Å². The van der Waals surface area contributed by atoms with Crippen molar-refractivity contribution in [2.75, 3.05) is 19.0 Å². The normalized spacial score (nSPS) is 13.3. The molecule has 1 radical (unpaired) electrons. The Balaban J connectivity index is 1.93. The summed E-state index contributed by atoms with van der Waals surface area (Å²) in [5.74, 6) is 0. The Morgan fingerprint density at radius 1 is 0.781 bits per heavy atom. The standard InChI is InChI=1S/C30H38NSi/c1-29(2,3)21-14-15-22-20(18-21)19-24-23(22)16-17-25(30(4,5)6)28(24)32(9)27-13-11-10-12-26(27)31(7)8/h10-18H,19H2,1-9H3. The highest BCUT2D eigenvalue weighted by Crippen LogP contribution is 2.40. The lowest BCUT2D eigenvalue weighted by Crippen LogP contribution is -2.47. The molecule has 0 N–H and O–H groups in total. The van der Waals surface area contributed by atoms with Crippen molar-refractivity contribution in [2.45, 2.75) is 65.3 Å². The molecule has 0 saturated heterocycles. The van der Waals surface area contributed by atoms with E-state index >= 15 is 0 Å². The minimum atomic E-state index is -0.952. The zero-order chi connectivity index (χ0) is 23.4. The van der Waals surface area contributed by atoms with Crippen molar-refractivity contribution in [2.24, 2.45) is 0 Å². The van der Waals surface area contributed by atoms with E-state index in [1.807, 2.05) is 0 Å². The molecule has 0 bridgehead atoms. The number of anilines is 1. The van der Waals surface area contributed by atoms with Gasteiger partial charge >= 0.3 is 0 Å². The van der Waals surface area contributed by atoms with Crippen molar-refractivity contribution in [3.63, 3.8) is 0 Å². The summed E-state index contributed by atoms with van der Waals surface area (Å²) in [5.41, 5.74) is 10.6. The van der Waals surface area contributed by atoms with E-state index in [4.69, 9.17) is 0 Å². The predicted molar refractivity (Wildman–Crippen MR) is 144 cm³/mol. The topological polar surface area (TPSA) is 3.24 Å². The van der Waals surface area contributed by atoms with Crippen molar-refractivity contribution >= 4 is 24.9 Å². The first-order valence-corrected chi connectivity index (χ1v) is 13.8. The second-order valence-corrected chi connectivity index (χ2v) is 13.9. The van der Waals surface area contributed by atoms with Crippen LogP contribution in [-0.2, 0) is 17.3 Å². The molecule has 0 unspecified atom stereocenters. The maximum Gasteiger partial charge on any atom is 0.121 e. The van der Waals surface area contributed by atoms with Gasteiger partial charge in [0, 0.05) is 19.8 Å². The highest BCUT2D eigenvalue weighted by molar-refractivity contribution is 6.86. The summed E-state index contributed by atoms with van der Waals surface area (Å²) in [6.07, 6.45) is 1.06. The Kier molecular flexibility index (Phi) is 5.65. The van der Waals surface area contributed by atoms with Crippen LogP contribution < -0.4 is 15.3 Å². The van der Waals surface area contributed by atoms with Crippen LogP contribution in [0.25, 0.3) is 11.1 Å². The largest absolute Gasteiger partial charge is 0.378 e. The smallest absolute Gasteiger partial charge is 0.121 e. The van der Waals surface area contributed by atoms with E-state index in [0.717, 1.165) is 6.42 Å². The maximum absolute atomic E-state index is 2.50. The second kappa shape index (κ2) is 7.92. The van der Waals surface area contributed by atoms with Crippen LogP contribution in [0, 0.1) is 0 Å². The summed E-state index contributed by atoms with van der Waals surface area (Å²) in [4.78, 5) is 2.27. The maximum atomic E-state index is 2.50. The van der Waals surface area contributed by atoms with E-state index in [-0.39, 0.29) is 10.8 Å². The predicted octanol–water partition coefficient (Wildman–Crippen LogP) is 6.16. The Morgan fingerprint density at radius 2 is 1.44 bits per heavy atom. The molecule has 3 aromatic rings. The van der Waals surface area contributed by atoms with Crippen molar-refractivity contribution < 1.29 is 0 Å². The first-order chi connectivity index (χ1) is 14.9. The molecule has 32 heavy (non-hydrogen) atoms. The zero-order valence-corrected chi connectivity index (χ0v) is 22.4. The molecule has 2 heteroatoms. The number of hydrogen-bond donors (Lipinski definition) is 0. The summed E-state index contributed by atoms with van der Waals surface area (Å²) < 4.78 is 0. The van der Waals surface area contributed by atoms with E-state index in [1.54, 1.807) is 10.8 Å². The van der Waals surface area contributed by atoms with Crippen molar-refractivity contribution in [3.8, 4) is 11.1 Å². The molecular formula is C30H38NSi. The first-order valence-electron chi connectivity index (χ1n) is 11.8. The second-order valence-electron chi connectivity index (χ2n) is 11.6. The Bertz CT molecular complexity index is 1160. The number of rotatable bonds is 3. The third-order valence-electron chi connectivity index (χ3n) is 6.91. The molecular weight excluding hydrogens is 402 g/mol. The zero-order valence-electron chi connectivity index (χ0n) is 21.4. The lowest BCUT2D eigenvalue weighted by atomic mass is 9.85. The van der Waals surface area contributed by atoms with Crippen LogP contribution in [0.4, 0.5) is 5.69 Å². The molecule has 1 aliphatic carbocycles. The molecule has 1 aliphatic rings. The van der Waals surface area contributed by atoms with Gasteiger partial charge < -0.3 is 4.90 Å². The average molecular weight is 441 g/mol. The summed E-state index contributed by atoms with van der Waals surface area (Å²) in [6, 6.07) is 21.0. The van der Waals surface area contributed by atoms with Gasteiger partial charge in [-0.15, -0.1) is 0 Å². The van der Waals surface area contributed by atoms with E-state index < -0.39 is 8.80 Å². The minimum absolute atomic E-state index is 0.120. The average Bonchev–Trinajstić information content (AvgIpc) is 3.09. The highest BCUT2D eigenvalue weighted by atomic mass is 28.3. The van der Waals surface area contributed by atoms with Gasteiger partial charge in [-0.2, -0.15) is 0 Å². The van der Waals surface area contributed by atoms with Crippen LogP contribution >= 0.6 is 0 Å². The quantitative estimate of drug-likeness (QED) is 0.345. The van der Waals surface area contributed by atoms with Crippen LogP contribution in [0.2, 0.25) is 6.55 Å². The van der Waals surface area contributed by atoms with Gasteiger partial charge in [-0.3, -0.25) is 0 Å².